The molecule has 2 aromatic carbocycles. The van der Waals surface area contributed by atoms with Crippen molar-refractivity contribution in [3.8, 4) is 23.0 Å². The van der Waals surface area contributed by atoms with Crippen molar-refractivity contribution in [1.29, 1.82) is 0 Å². The molecule has 2 saturated heterocycles. The smallest absolute Gasteiger partial charge is 0.294 e. The van der Waals surface area contributed by atoms with Crippen LogP contribution in [0.15, 0.2) is 36.4 Å². The average Bonchev–Trinajstić information content (AvgIpc) is 3.00. The molecule has 0 radical (unpaired) electrons. The van der Waals surface area contributed by atoms with E-state index in [1.54, 1.807) is 0 Å². The minimum atomic E-state index is -2.12. The van der Waals surface area contributed by atoms with E-state index in [-0.39, 0.29) is 29.2 Å². The molecule has 20 heteroatoms. The molecule has 6 N–H and O–H groups in total. The maximum Gasteiger partial charge on any atom is 0.294 e. The van der Waals surface area contributed by atoms with Crippen LogP contribution in [0.5, 0.6) is 23.0 Å². The van der Waals surface area contributed by atoms with Gasteiger partial charge >= 0.3 is 0 Å². The van der Waals surface area contributed by atoms with Crippen LogP contribution in [0, 0.1) is 20.2 Å². The quantitative estimate of drug-likeness (QED) is 0.134. The van der Waals surface area contributed by atoms with E-state index in [1.807, 2.05) is 0 Å². The Morgan fingerprint density at radius 1 is 0.894 bits per heavy atom. The number of hydrogen-bond donors (Lipinski definition) is 6. The van der Waals surface area contributed by atoms with Gasteiger partial charge < -0.3 is 64.0 Å². The van der Waals surface area contributed by atoms with Crippen LogP contribution in [-0.2, 0) is 23.9 Å². The number of benzene rings is 2. The predicted molar refractivity (Wildman–Crippen MR) is 146 cm³/mol. The number of aliphatic hydroxyl groups is 4. The zero-order valence-corrected chi connectivity index (χ0v) is 24.2. The van der Waals surface area contributed by atoms with Crippen LogP contribution in [0.2, 0.25) is 0 Å². The number of nitrogens with zero attached hydrogens (tertiary/aromatic N) is 2. The third-order valence-electron chi connectivity index (χ3n) is 7.78. The lowest BCUT2D eigenvalue weighted by Crippen LogP contribution is -2.66. The fourth-order valence-corrected chi connectivity index (χ4v) is 5.48. The Bertz CT molecular complexity index is 1470. The highest BCUT2D eigenvalue weighted by Gasteiger charge is 2.55. The van der Waals surface area contributed by atoms with Crippen molar-refractivity contribution in [3.63, 3.8) is 0 Å². The van der Waals surface area contributed by atoms with Crippen molar-refractivity contribution < 1.29 is 79.0 Å². The van der Waals surface area contributed by atoms with Crippen LogP contribution in [0.25, 0.3) is 0 Å². The normalized spacial score (nSPS) is 33.6. The number of carbonyl (C=O) groups excluding carboxylic acids is 1. The molecular formula is C27H30N2O18. The lowest BCUT2D eigenvalue weighted by atomic mass is 9.95. The molecule has 0 aromatic heterocycles. The number of carbonyl (C=O) groups is 1. The second-order valence-corrected chi connectivity index (χ2v) is 10.9. The van der Waals surface area contributed by atoms with Gasteiger partial charge in [0, 0.05) is 12.1 Å². The number of ketones is 1. The van der Waals surface area contributed by atoms with E-state index < -0.39 is 95.8 Å². The zero-order chi connectivity index (χ0) is 34.2. The van der Waals surface area contributed by atoms with Gasteiger partial charge in [-0.15, -0.1) is 20.2 Å². The van der Waals surface area contributed by atoms with Gasteiger partial charge in [0.05, 0.1) is 19.1 Å². The molecular weight excluding hydrogens is 640 g/mol. The topological polar surface area (TPSA) is 289 Å². The molecule has 5 rings (SSSR count). The van der Waals surface area contributed by atoms with E-state index in [9.17, 15) is 55.7 Å². The van der Waals surface area contributed by atoms with Crippen LogP contribution in [0.1, 0.15) is 35.4 Å². The fourth-order valence-electron chi connectivity index (χ4n) is 5.48. The molecule has 1 unspecified atom stereocenters. The van der Waals surface area contributed by atoms with Crippen molar-refractivity contribution in [2.75, 3.05) is 6.61 Å². The first-order chi connectivity index (χ1) is 22.3. The Morgan fingerprint density at radius 3 is 2.19 bits per heavy atom. The Kier molecular flexibility index (Phi) is 9.81. The lowest BCUT2D eigenvalue weighted by Gasteiger charge is -2.46. The molecule has 2 aromatic rings. The molecule has 256 valence electrons. The molecule has 11 atom stereocenters. The molecule has 0 bridgehead atoms. The summed E-state index contributed by atoms with van der Waals surface area (Å²) in [6.45, 7) is 0.296. The van der Waals surface area contributed by atoms with E-state index in [0.29, 0.717) is 5.56 Å². The third-order valence-corrected chi connectivity index (χ3v) is 7.78. The lowest BCUT2D eigenvalue weighted by molar-refractivity contribution is -0.805. The molecule has 2 fully saturated rings. The maximum absolute atomic E-state index is 13.0. The van der Waals surface area contributed by atoms with Gasteiger partial charge in [-0.3, -0.25) is 4.79 Å². The number of phenolic OH excluding ortho intramolecular Hbond substituents is 2. The zero-order valence-electron chi connectivity index (χ0n) is 24.2. The maximum atomic E-state index is 13.0. The van der Waals surface area contributed by atoms with Gasteiger partial charge in [0.2, 0.25) is 6.29 Å². The molecule has 0 spiro atoms. The van der Waals surface area contributed by atoms with E-state index in [0.717, 1.165) is 6.07 Å². The van der Waals surface area contributed by atoms with E-state index >= 15 is 0 Å². The van der Waals surface area contributed by atoms with Crippen molar-refractivity contribution in [1.82, 2.24) is 0 Å². The predicted octanol–water partition coefficient (Wildman–Crippen LogP) is -0.733. The first kappa shape index (κ1) is 33.8. The summed E-state index contributed by atoms with van der Waals surface area (Å²) >= 11 is 0. The van der Waals surface area contributed by atoms with Gasteiger partial charge in [-0.05, 0) is 24.6 Å². The minimum Gasteiger partial charge on any atom is -0.508 e. The number of fused-ring (bicyclic) bond motifs is 1. The van der Waals surface area contributed by atoms with Crippen molar-refractivity contribution in [3.05, 3.63) is 67.8 Å². The number of ether oxygens (including phenoxy) is 5. The molecule has 3 aliphatic rings. The summed E-state index contributed by atoms with van der Waals surface area (Å²) in [5, 5.41) is 81.3. The summed E-state index contributed by atoms with van der Waals surface area (Å²) in [6.07, 6.45) is -19.1. The first-order valence-corrected chi connectivity index (χ1v) is 14.0. The average molecular weight is 671 g/mol. The van der Waals surface area contributed by atoms with Crippen molar-refractivity contribution >= 4 is 5.78 Å². The van der Waals surface area contributed by atoms with Crippen LogP contribution in [-0.4, -0.2) is 115 Å². The Labute approximate surface area is 263 Å². The van der Waals surface area contributed by atoms with Gasteiger partial charge in [-0.2, -0.15) is 0 Å². The van der Waals surface area contributed by atoms with E-state index in [2.05, 4.69) is 9.68 Å². The molecule has 0 amide bonds. The van der Waals surface area contributed by atoms with Gasteiger partial charge in [0.25, 0.3) is 10.2 Å². The SMILES string of the molecule is C[C@@H]1O[C@@H](O[C@H]2[C@H](Oc3cc(O)c4c(c3)OC(c3ccc(O)cc3)CC4=O)O[C@H](CO)[C@@H](O[N+](=O)[O-])[C@@H]2O[N+](=O)[O-])[C@H](O)[C@H](O)[C@H]1O. The van der Waals surface area contributed by atoms with Gasteiger partial charge in [0.15, 0.2) is 30.4 Å². The molecule has 20 nitrogen and oxygen atoms in total. The number of aromatic hydroxyl groups is 2. The van der Waals surface area contributed by atoms with Gasteiger partial charge in [-0.1, -0.05) is 12.1 Å². The fraction of sp³-hybridized carbons (Fsp3) is 0.519. The summed E-state index contributed by atoms with van der Waals surface area (Å²) < 4.78 is 28.5. The summed E-state index contributed by atoms with van der Waals surface area (Å²) in [5.41, 5.74) is 0.332. The molecule has 47 heavy (non-hydrogen) atoms. The summed E-state index contributed by atoms with van der Waals surface area (Å²) in [4.78, 5) is 45.0. The van der Waals surface area contributed by atoms with Gasteiger partial charge in [0.1, 0.15) is 59.1 Å². The standard InChI is InChI=1S/C27H30N2O18/c1-10-20(34)21(35)22(36)26(41-10)45-25-24(47-29(39)40)23(46-28(37)38)18(9-30)44-27(25)42-13-6-14(32)19-15(33)8-16(43-17(19)7-13)11-2-4-12(31)5-3-11/h2-7,10,16,18,20-27,30-32,34-36H,8-9H2,1H3/t10-,16?,18+,20-,21+,22+,23+,24-,25+,26-,27+/m0/s1. The highest BCUT2D eigenvalue weighted by Crippen LogP contribution is 2.43. The number of phenols is 2. The first-order valence-electron chi connectivity index (χ1n) is 14.0. The molecule has 0 aliphatic carbocycles. The summed E-state index contributed by atoms with van der Waals surface area (Å²) in [6, 6.07) is 7.99. The van der Waals surface area contributed by atoms with Crippen LogP contribution in [0.4, 0.5) is 0 Å². The second-order valence-electron chi connectivity index (χ2n) is 10.9. The second kappa shape index (κ2) is 13.7. The van der Waals surface area contributed by atoms with Crippen LogP contribution < -0.4 is 9.47 Å². The van der Waals surface area contributed by atoms with Gasteiger partial charge in [-0.25, -0.2) is 0 Å². The molecule has 3 aliphatic heterocycles. The Balaban J connectivity index is 1.50. The number of rotatable bonds is 10. The van der Waals surface area contributed by atoms with E-state index in [4.69, 9.17) is 23.7 Å². The monoisotopic (exact) mass is 670 g/mol. The molecule has 3 heterocycles. The number of Topliss-reactive ketones (excluding diaryl/α,β-unsaturated/α-hetero) is 1. The summed E-state index contributed by atoms with van der Waals surface area (Å²) in [5.74, 6) is -1.56. The third kappa shape index (κ3) is 7.07. The Hall–Kier alpha value is -4.57. The minimum absolute atomic E-state index is 0.0217. The molecule has 0 saturated carbocycles. The number of aliphatic hydroxyl groups excluding tert-OH is 4. The van der Waals surface area contributed by atoms with Crippen molar-refractivity contribution in [2.24, 2.45) is 0 Å². The summed E-state index contributed by atoms with van der Waals surface area (Å²) in [7, 11) is 0. The highest BCUT2D eigenvalue weighted by molar-refractivity contribution is 6.02. The van der Waals surface area contributed by atoms with Crippen molar-refractivity contribution in [2.45, 2.75) is 80.9 Å². The highest BCUT2D eigenvalue weighted by atomic mass is 17.0. The Morgan fingerprint density at radius 2 is 1.55 bits per heavy atom. The van der Waals surface area contributed by atoms with Crippen LogP contribution >= 0.6 is 0 Å². The van der Waals surface area contributed by atoms with Crippen LogP contribution in [0.3, 0.4) is 0 Å². The largest absolute Gasteiger partial charge is 0.508 e. The number of hydrogen-bond acceptors (Lipinski definition) is 18. The van der Waals surface area contributed by atoms with E-state index in [1.165, 1.54) is 37.3 Å².